The van der Waals surface area contributed by atoms with Gasteiger partial charge in [-0.2, -0.15) is 0 Å². The molecule has 0 saturated carbocycles. The van der Waals surface area contributed by atoms with Crippen molar-refractivity contribution in [3.05, 3.63) is 53.2 Å². The van der Waals surface area contributed by atoms with Crippen molar-refractivity contribution in [2.45, 2.75) is 6.54 Å². The first-order chi connectivity index (χ1) is 9.97. The Labute approximate surface area is 120 Å². The van der Waals surface area contributed by atoms with Crippen LogP contribution in [0.2, 0.25) is 0 Å². The largest absolute Gasteiger partial charge is 0.364 e. The first-order valence-corrected chi connectivity index (χ1v) is 6.20. The fourth-order valence-corrected chi connectivity index (χ4v) is 1.62. The molecule has 0 saturated heterocycles. The number of benzene rings is 1. The number of anilines is 1. The van der Waals surface area contributed by atoms with E-state index in [0.717, 1.165) is 6.07 Å². The van der Waals surface area contributed by atoms with Gasteiger partial charge < -0.3 is 10.2 Å². The molecule has 1 heterocycles. The van der Waals surface area contributed by atoms with Gasteiger partial charge in [0.1, 0.15) is 17.5 Å². The van der Waals surface area contributed by atoms with Gasteiger partial charge in [-0.05, 0) is 18.2 Å². The number of aromatic nitrogens is 2. The van der Waals surface area contributed by atoms with Crippen LogP contribution in [0.1, 0.15) is 16.1 Å². The van der Waals surface area contributed by atoms with Gasteiger partial charge in [0.2, 0.25) is 0 Å². The summed E-state index contributed by atoms with van der Waals surface area (Å²) >= 11 is 0. The smallest absolute Gasteiger partial charge is 0.273 e. The molecular formula is C14H14F2N4O. The van der Waals surface area contributed by atoms with E-state index in [2.05, 4.69) is 15.5 Å². The topological polar surface area (TPSA) is 58.1 Å². The minimum Gasteiger partial charge on any atom is -0.364 e. The third-order valence-corrected chi connectivity index (χ3v) is 2.76. The number of nitrogens with one attached hydrogen (secondary N) is 1. The first kappa shape index (κ1) is 14.8. The molecule has 0 aliphatic heterocycles. The van der Waals surface area contributed by atoms with Crippen molar-refractivity contribution >= 4 is 11.7 Å². The SMILES string of the molecule is CN(C)C(=O)c1ccc(NCc2ccc(F)cc2F)nn1. The van der Waals surface area contributed by atoms with Crippen molar-refractivity contribution < 1.29 is 13.6 Å². The number of nitrogens with zero attached hydrogens (tertiary/aromatic N) is 3. The molecule has 0 radical (unpaired) electrons. The lowest BCUT2D eigenvalue weighted by Crippen LogP contribution is -2.23. The maximum absolute atomic E-state index is 13.4. The molecule has 1 aromatic heterocycles. The quantitative estimate of drug-likeness (QED) is 0.937. The second-order valence-electron chi connectivity index (χ2n) is 4.59. The molecule has 0 aliphatic carbocycles. The van der Waals surface area contributed by atoms with Gasteiger partial charge in [-0.25, -0.2) is 8.78 Å². The van der Waals surface area contributed by atoms with Crippen LogP contribution in [-0.4, -0.2) is 35.1 Å². The van der Waals surface area contributed by atoms with Gasteiger partial charge in [0.15, 0.2) is 5.69 Å². The van der Waals surface area contributed by atoms with Crippen LogP contribution in [0.15, 0.2) is 30.3 Å². The summed E-state index contributed by atoms with van der Waals surface area (Å²) in [5.41, 5.74) is 0.533. The monoisotopic (exact) mass is 292 g/mol. The molecule has 21 heavy (non-hydrogen) atoms. The maximum atomic E-state index is 13.4. The van der Waals surface area contributed by atoms with E-state index in [-0.39, 0.29) is 18.1 Å². The van der Waals surface area contributed by atoms with Crippen LogP contribution in [0.4, 0.5) is 14.6 Å². The fourth-order valence-electron chi connectivity index (χ4n) is 1.62. The Morgan fingerprint density at radius 1 is 1.19 bits per heavy atom. The minimum atomic E-state index is -0.630. The molecule has 2 rings (SSSR count). The van der Waals surface area contributed by atoms with Gasteiger partial charge in [0.05, 0.1) is 0 Å². The summed E-state index contributed by atoms with van der Waals surface area (Å²) in [4.78, 5) is 13.0. The Bertz CT molecular complexity index is 644. The molecule has 7 heteroatoms. The lowest BCUT2D eigenvalue weighted by Gasteiger charge is -2.09. The summed E-state index contributed by atoms with van der Waals surface area (Å²) in [7, 11) is 3.24. The average Bonchev–Trinajstić information content (AvgIpc) is 2.46. The first-order valence-electron chi connectivity index (χ1n) is 6.20. The van der Waals surface area contributed by atoms with Gasteiger partial charge in [-0.1, -0.05) is 6.07 Å². The van der Waals surface area contributed by atoms with Gasteiger partial charge in [-0.15, -0.1) is 10.2 Å². The van der Waals surface area contributed by atoms with E-state index in [1.807, 2.05) is 0 Å². The third kappa shape index (κ3) is 3.71. The molecule has 0 spiro atoms. The third-order valence-electron chi connectivity index (χ3n) is 2.76. The predicted molar refractivity (Wildman–Crippen MR) is 73.7 cm³/mol. The number of amides is 1. The molecule has 0 atom stereocenters. The van der Waals surface area contributed by atoms with Gasteiger partial charge in [0.25, 0.3) is 5.91 Å². The van der Waals surface area contributed by atoms with E-state index < -0.39 is 11.6 Å². The van der Waals surface area contributed by atoms with Crippen molar-refractivity contribution in [1.29, 1.82) is 0 Å². The average molecular weight is 292 g/mol. The second kappa shape index (κ2) is 6.25. The molecule has 0 bridgehead atoms. The van der Waals surface area contributed by atoms with E-state index in [1.165, 1.54) is 23.1 Å². The van der Waals surface area contributed by atoms with E-state index in [4.69, 9.17) is 0 Å². The van der Waals surface area contributed by atoms with E-state index in [1.54, 1.807) is 20.2 Å². The number of rotatable bonds is 4. The molecule has 0 fully saturated rings. The zero-order valence-corrected chi connectivity index (χ0v) is 11.6. The number of halogens is 2. The van der Waals surface area contributed by atoms with Crippen LogP contribution in [0.3, 0.4) is 0 Å². The lowest BCUT2D eigenvalue weighted by atomic mass is 10.2. The Hall–Kier alpha value is -2.57. The molecule has 2 aromatic rings. The highest BCUT2D eigenvalue weighted by Gasteiger charge is 2.10. The molecule has 110 valence electrons. The van der Waals surface area contributed by atoms with Crippen LogP contribution in [0, 0.1) is 11.6 Å². The summed E-state index contributed by atoms with van der Waals surface area (Å²) in [6.45, 7) is 0.141. The molecular weight excluding hydrogens is 278 g/mol. The number of hydrogen-bond acceptors (Lipinski definition) is 4. The summed E-state index contributed by atoms with van der Waals surface area (Å²) in [6, 6.07) is 6.46. The van der Waals surface area contributed by atoms with Crippen molar-refractivity contribution in [3.63, 3.8) is 0 Å². The number of hydrogen-bond donors (Lipinski definition) is 1. The molecule has 1 amide bonds. The summed E-state index contributed by atoms with van der Waals surface area (Å²) in [5, 5.41) is 10.5. The molecule has 0 unspecified atom stereocenters. The zero-order chi connectivity index (χ0) is 15.4. The highest BCUT2D eigenvalue weighted by molar-refractivity contribution is 5.91. The van der Waals surface area contributed by atoms with E-state index >= 15 is 0 Å². The Morgan fingerprint density at radius 3 is 2.52 bits per heavy atom. The molecule has 1 aromatic carbocycles. The van der Waals surface area contributed by atoms with Crippen LogP contribution in [0.5, 0.6) is 0 Å². The summed E-state index contributed by atoms with van der Waals surface area (Å²) in [6.07, 6.45) is 0. The van der Waals surface area contributed by atoms with Crippen LogP contribution in [-0.2, 0) is 6.54 Å². The minimum absolute atomic E-state index is 0.141. The number of carbonyl (C=O) groups excluding carboxylic acids is 1. The summed E-state index contributed by atoms with van der Waals surface area (Å²) in [5.74, 6) is -1.11. The van der Waals surface area contributed by atoms with E-state index in [9.17, 15) is 13.6 Å². The van der Waals surface area contributed by atoms with Crippen LogP contribution >= 0.6 is 0 Å². The van der Waals surface area contributed by atoms with Gasteiger partial charge in [-0.3, -0.25) is 4.79 Å². The van der Waals surface area contributed by atoms with Gasteiger partial charge >= 0.3 is 0 Å². The number of carbonyl (C=O) groups is 1. The Kier molecular flexibility index (Phi) is 4.42. The molecule has 0 aliphatic rings. The maximum Gasteiger partial charge on any atom is 0.273 e. The Balaban J connectivity index is 2.02. The fraction of sp³-hybridized carbons (Fsp3) is 0.214. The van der Waals surface area contributed by atoms with Crippen molar-refractivity contribution in [2.24, 2.45) is 0 Å². The van der Waals surface area contributed by atoms with Crippen molar-refractivity contribution in [3.8, 4) is 0 Å². The predicted octanol–water partition coefficient (Wildman–Crippen LogP) is 2.07. The standard InChI is InChI=1S/C14H14F2N4O/c1-20(2)14(21)12-5-6-13(19-18-12)17-8-9-3-4-10(15)7-11(9)16/h3-7H,8H2,1-2H3,(H,17,19). The van der Waals surface area contributed by atoms with Gasteiger partial charge in [0, 0.05) is 32.3 Å². The highest BCUT2D eigenvalue weighted by atomic mass is 19.1. The van der Waals surface area contributed by atoms with Crippen molar-refractivity contribution in [2.75, 3.05) is 19.4 Å². The highest BCUT2D eigenvalue weighted by Crippen LogP contribution is 2.12. The van der Waals surface area contributed by atoms with Crippen molar-refractivity contribution in [1.82, 2.24) is 15.1 Å². The van der Waals surface area contributed by atoms with Crippen LogP contribution < -0.4 is 5.32 Å². The summed E-state index contributed by atoms with van der Waals surface area (Å²) < 4.78 is 26.2. The second-order valence-corrected chi connectivity index (χ2v) is 4.59. The zero-order valence-electron chi connectivity index (χ0n) is 11.6. The molecule has 5 nitrogen and oxygen atoms in total. The molecule has 1 N–H and O–H groups in total. The lowest BCUT2D eigenvalue weighted by molar-refractivity contribution is 0.0821. The Morgan fingerprint density at radius 2 is 1.95 bits per heavy atom. The van der Waals surface area contributed by atoms with E-state index in [0.29, 0.717) is 11.4 Å². The normalized spacial score (nSPS) is 10.3. The van der Waals surface area contributed by atoms with Crippen LogP contribution in [0.25, 0.3) is 0 Å².